The molecule has 26 heavy (non-hydrogen) atoms. The Morgan fingerprint density at radius 3 is 2.69 bits per heavy atom. The molecule has 0 spiro atoms. The maximum atomic E-state index is 12.0. The van der Waals surface area contributed by atoms with Crippen LogP contribution in [0.3, 0.4) is 0 Å². The molecular weight excluding hydrogens is 350 g/mol. The molecule has 2 N–H and O–H groups in total. The minimum Gasteiger partial charge on any atom is -0.444 e. The summed E-state index contributed by atoms with van der Waals surface area (Å²) in [6.07, 6.45) is 2.20. The van der Waals surface area contributed by atoms with E-state index in [1.807, 2.05) is 44.2 Å². The van der Waals surface area contributed by atoms with Gasteiger partial charge in [-0.05, 0) is 43.7 Å². The molecule has 0 aliphatic carbocycles. The lowest BCUT2D eigenvalue weighted by Gasteiger charge is -2.10. The third-order valence-corrected chi connectivity index (χ3v) is 4.44. The molecule has 1 aromatic heterocycles. The van der Waals surface area contributed by atoms with Gasteiger partial charge in [-0.2, -0.15) is 0 Å². The summed E-state index contributed by atoms with van der Waals surface area (Å²) in [7, 11) is 0. The van der Waals surface area contributed by atoms with Gasteiger partial charge in [-0.1, -0.05) is 35.4 Å². The lowest BCUT2D eigenvalue weighted by atomic mass is 10.1. The zero-order valence-electron chi connectivity index (χ0n) is 14.7. The highest BCUT2D eigenvalue weighted by molar-refractivity contribution is 6.31. The number of aryl methyl sites for hydroxylation is 1. The number of rotatable bonds is 5. The maximum Gasteiger partial charge on any atom is 0.319 e. The molecule has 0 aliphatic rings. The zero-order chi connectivity index (χ0) is 18.5. The van der Waals surface area contributed by atoms with Crippen molar-refractivity contribution in [3.8, 4) is 11.5 Å². The number of amides is 2. The highest BCUT2D eigenvalue weighted by Crippen LogP contribution is 2.22. The number of hydrogen-bond acceptors (Lipinski definition) is 3. The van der Waals surface area contributed by atoms with E-state index < -0.39 is 0 Å². The zero-order valence-corrected chi connectivity index (χ0v) is 15.4. The molecule has 0 unspecified atom stereocenters. The van der Waals surface area contributed by atoms with Crippen LogP contribution in [0, 0.1) is 13.8 Å². The molecule has 0 fully saturated rings. The first-order valence-electron chi connectivity index (χ1n) is 8.34. The summed E-state index contributed by atoms with van der Waals surface area (Å²) in [6.45, 7) is 4.34. The average Bonchev–Trinajstić information content (AvgIpc) is 3.08. The Hall–Kier alpha value is -2.79. The van der Waals surface area contributed by atoms with Gasteiger partial charge >= 0.3 is 6.03 Å². The summed E-state index contributed by atoms with van der Waals surface area (Å²) in [5.74, 6) is 0.582. The highest BCUT2D eigenvalue weighted by Gasteiger charge is 2.09. The smallest absolute Gasteiger partial charge is 0.319 e. The third-order valence-electron chi connectivity index (χ3n) is 4.03. The number of nitrogens with one attached hydrogen (secondary N) is 2. The molecule has 0 radical (unpaired) electrons. The van der Waals surface area contributed by atoms with Crippen LogP contribution in [0.5, 0.6) is 0 Å². The molecule has 0 saturated carbocycles. The van der Waals surface area contributed by atoms with E-state index in [1.54, 1.807) is 18.4 Å². The summed E-state index contributed by atoms with van der Waals surface area (Å²) in [6, 6.07) is 13.1. The first-order chi connectivity index (χ1) is 12.5. The Labute approximate surface area is 157 Å². The van der Waals surface area contributed by atoms with Gasteiger partial charge in [0.15, 0.2) is 0 Å². The number of anilines is 1. The van der Waals surface area contributed by atoms with Gasteiger partial charge in [-0.25, -0.2) is 9.78 Å². The molecule has 0 saturated heterocycles. The van der Waals surface area contributed by atoms with Crippen LogP contribution in [0.4, 0.5) is 10.5 Å². The van der Waals surface area contributed by atoms with E-state index in [-0.39, 0.29) is 6.03 Å². The molecule has 2 amide bonds. The average molecular weight is 370 g/mol. The van der Waals surface area contributed by atoms with E-state index in [4.69, 9.17) is 16.0 Å². The fourth-order valence-electron chi connectivity index (χ4n) is 2.46. The SMILES string of the molecule is Cc1ccc(-c2nc(CCNC(=O)Nc3cccc(Cl)c3C)co2)cc1. The van der Waals surface area contributed by atoms with Crippen molar-refractivity contribution in [1.29, 1.82) is 0 Å². The maximum absolute atomic E-state index is 12.0. The summed E-state index contributed by atoms with van der Waals surface area (Å²) in [5.41, 5.74) is 4.44. The van der Waals surface area contributed by atoms with Crippen molar-refractivity contribution >= 4 is 23.3 Å². The molecule has 1 heterocycles. The van der Waals surface area contributed by atoms with Crippen molar-refractivity contribution in [1.82, 2.24) is 10.3 Å². The number of carbonyl (C=O) groups is 1. The van der Waals surface area contributed by atoms with Gasteiger partial charge in [-0.15, -0.1) is 0 Å². The van der Waals surface area contributed by atoms with Crippen LogP contribution < -0.4 is 10.6 Å². The lowest BCUT2D eigenvalue weighted by Crippen LogP contribution is -2.30. The van der Waals surface area contributed by atoms with Crippen LogP contribution in [-0.2, 0) is 6.42 Å². The number of oxazole rings is 1. The second-order valence-electron chi connectivity index (χ2n) is 6.05. The number of carbonyl (C=O) groups excluding carboxylic acids is 1. The summed E-state index contributed by atoms with van der Waals surface area (Å²) < 4.78 is 5.52. The van der Waals surface area contributed by atoms with Crippen LogP contribution in [0.15, 0.2) is 53.1 Å². The molecule has 0 aliphatic heterocycles. The first kappa shape index (κ1) is 18.0. The van der Waals surface area contributed by atoms with Crippen LogP contribution in [0.1, 0.15) is 16.8 Å². The predicted molar refractivity (Wildman–Crippen MR) is 104 cm³/mol. The van der Waals surface area contributed by atoms with E-state index in [0.717, 1.165) is 16.8 Å². The van der Waals surface area contributed by atoms with Gasteiger partial charge in [-0.3, -0.25) is 0 Å². The van der Waals surface area contributed by atoms with Crippen LogP contribution in [-0.4, -0.2) is 17.6 Å². The van der Waals surface area contributed by atoms with Crippen molar-refractivity contribution < 1.29 is 9.21 Å². The van der Waals surface area contributed by atoms with Crippen LogP contribution in [0.25, 0.3) is 11.5 Å². The Morgan fingerprint density at radius 1 is 1.15 bits per heavy atom. The first-order valence-corrected chi connectivity index (χ1v) is 8.72. The molecule has 0 atom stereocenters. The molecular formula is C20H20ClN3O2. The van der Waals surface area contributed by atoms with Gasteiger partial charge in [0.1, 0.15) is 6.26 Å². The van der Waals surface area contributed by atoms with E-state index >= 15 is 0 Å². The number of hydrogen-bond donors (Lipinski definition) is 2. The number of halogens is 1. The number of urea groups is 1. The number of benzene rings is 2. The molecule has 5 nitrogen and oxygen atoms in total. The van der Waals surface area contributed by atoms with Crippen molar-refractivity contribution in [3.05, 3.63) is 70.6 Å². The van der Waals surface area contributed by atoms with Gasteiger partial charge < -0.3 is 15.1 Å². The van der Waals surface area contributed by atoms with Gasteiger partial charge in [0.25, 0.3) is 0 Å². The van der Waals surface area contributed by atoms with E-state index in [0.29, 0.717) is 29.6 Å². The Kier molecular flexibility index (Phi) is 5.58. The van der Waals surface area contributed by atoms with Crippen molar-refractivity contribution in [2.75, 3.05) is 11.9 Å². The van der Waals surface area contributed by atoms with Crippen LogP contribution >= 0.6 is 11.6 Å². The fourth-order valence-corrected chi connectivity index (χ4v) is 2.64. The minimum atomic E-state index is -0.280. The van der Waals surface area contributed by atoms with Crippen molar-refractivity contribution in [2.45, 2.75) is 20.3 Å². The van der Waals surface area contributed by atoms with E-state index in [9.17, 15) is 4.79 Å². The Bertz CT molecular complexity index is 904. The van der Waals surface area contributed by atoms with E-state index in [1.165, 1.54) is 5.56 Å². The van der Waals surface area contributed by atoms with Gasteiger partial charge in [0.05, 0.1) is 5.69 Å². The van der Waals surface area contributed by atoms with Crippen molar-refractivity contribution in [3.63, 3.8) is 0 Å². The number of aromatic nitrogens is 1. The topological polar surface area (TPSA) is 67.2 Å². The van der Waals surface area contributed by atoms with Gasteiger partial charge in [0, 0.05) is 29.2 Å². The summed E-state index contributed by atoms with van der Waals surface area (Å²) >= 11 is 6.05. The minimum absolute atomic E-state index is 0.280. The van der Waals surface area contributed by atoms with E-state index in [2.05, 4.69) is 15.6 Å². The Morgan fingerprint density at radius 2 is 1.92 bits per heavy atom. The second kappa shape index (κ2) is 8.06. The molecule has 134 valence electrons. The molecule has 0 bridgehead atoms. The summed E-state index contributed by atoms with van der Waals surface area (Å²) in [4.78, 5) is 16.5. The molecule has 3 rings (SSSR count). The standard InChI is InChI=1S/C20H20ClN3O2/c1-13-6-8-15(9-7-13)19-23-16(12-26-19)10-11-22-20(25)24-18-5-3-4-17(21)14(18)2/h3-9,12H,10-11H2,1-2H3,(H2,22,24,25). The molecule has 3 aromatic rings. The second-order valence-corrected chi connectivity index (χ2v) is 6.46. The predicted octanol–water partition coefficient (Wildman–Crippen LogP) is 4.98. The third kappa shape index (κ3) is 4.43. The van der Waals surface area contributed by atoms with Gasteiger partial charge in [0.2, 0.25) is 5.89 Å². The van der Waals surface area contributed by atoms with Crippen LogP contribution in [0.2, 0.25) is 5.02 Å². The Balaban J connectivity index is 1.51. The monoisotopic (exact) mass is 369 g/mol. The quantitative estimate of drug-likeness (QED) is 0.666. The normalized spacial score (nSPS) is 10.6. The molecule has 6 heteroatoms. The highest BCUT2D eigenvalue weighted by atomic mass is 35.5. The van der Waals surface area contributed by atoms with Crippen molar-refractivity contribution in [2.24, 2.45) is 0 Å². The largest absolute Gasteiger partial charge is 0.444 e. The summed E-state index contributed by atoms with van der Waals surface area (Å²) in [5, 5.41) is 6.22. The molecule has 2 aromatic carbocycles. The lowest BCUT2D eigenvalue weighted by molar-refractivity contribution is 0.252. The number of nitrogens with zero attached hydrogens (tertiary/aromatic N) is 1. The fraction of sp³-hybridized carbons (Fsp3) is 0.200.